The van der Waals surface area contributed by atoms with Gasteiger partial charge in [-0.15, -0.1) is 6.42 Å². The van der Waals surface area contributed by atoms with E-state index >= 15 is 0 Å². The van der Waals surface area contributed by atoms with E-state index in [-0.39, 0.29) is 24.4 Å². The summed E-state index contributed by atoms with van der Waals surface area (Å²) in [4.78, 5) is 41.3. The molecule has 0 aliphatic heterocycles. The largest absolute Gasteiger partial charge is 0.444 e. The van der Waals surface area contributed by atoms with Gasteiger partial charge in [0.15, 0.2) is 0 Å². The predicted molar refractivity (Wildman–Crippen MR) is 151 cm³/mol. The fourth-order valence-electron chi connectivity index (χ4n) is 4.87. The van der Waals surface area contributed by atoms with E-state index in [2.05, 4.69) is 23.5 Å². The minimum Gasteiger partial charge on any atom is -0.444 e. The van der Waals surface area contributed by atoms with Crippen LogP contribution < -0.4 is 10.6 Å². The maximum absolute atomic E-state index is 13.8. The van der Waals surface area contributed by atoms with Crippen LogP contribution >= 0.6 is 0 Å². The van der Waals surface area contributed by atoms with Crippen molar-refractivity contribution in [2.45, 2.75) is 116 Å². The molecule has 1 saturated carbocycles. The first kappa shape index (κ1) is 31.2. The van der Waals surface area contributed by atoms with Gasteiger partial charge < -0.3 is 20.3 Å². The van der Waals surface area contributed by atoms with E-state index in [0.29, 0.717) is 17.7 Å². The molecule has 3 amide bonds. The van der Waals surface area contributed by atoms with E-state index < -0.39 is 17.7 Å². The van der Waals surface area contributed by atoms with E-state index in [1.807, 2.05) is 18.2 Å². The van der Waals surface area contributed by atoms with Crippen molar-refractivity contribution in [2.24, 2.45) is 0 Å². The van der Waals surface area contributed by atoms with Crippen molar-refractivity contribution in [3.05, 3.63) is 35.4 Å². The van der Waals surface area contributed by atoms with Crippen molar-refractivity contribution in [3.63, 3.8) is 0 Å². The molecule has 2 rings (SSSR count). The molecule has 1 aromatic carbocycles. The lowest BCUT2D eigenvalue weighted by Crippen LogP contribution is -2.50. The molecule has 1 aromatic rings. The maximum Gasteiger partial charge on any atom is 0.408 e. The quantitative estimate of drug-likeness (QED) is 0.249. The number of nitrogens with one attached hydrogen (secondary N) is 2. The van der Waals surface area contributed by atoms with Gasteiger partial charge in [0.05, 0.1) is 0 Å². The summed E-state index contributed by atoms with van der Waals surface area (Å²) in [5, 5.41) is 5.77. The average molecular weight is 526 g/mol. The zero-order chi connectivity index (χ0) is 28.0. The van der Waals surface area contributed by atoms with Crippen LogP contribution in [0.1, 0.15) is 115 Å². The summed E-state index contributed by atoms with van der Waals surface area (Å²) in [6, 6.07) is 6.49. The summed E-state index contributed by atoms with van der Waals surface area (Å²) < 4.78 is 5.31. The number of unbranched alkanes of at least 4 members (excludes halogenated alkanes) is 5. The van der Waals surface area contributed by atoms with Crippen LogP contribution in [-0.4, -0.2) is 47.5 Å². The molecular weight excluding hydrogens is 478 g/mol. The van der Waals surface area contributed by atoms with Crippen LogP contribution in [-0.2, 0) is 14.3 Å². The molecule has 7 nitrogen and oxygen atoms in total. The second-order valence-corrected chi connectivity index (χ2v) is 11.2. The summed E-state index contributed by atoms with van der Waals surface area (Å²) in [7, 11) is 0. The van der Waals surface area contributed by atoms with Gasteiger partial charge in [-0.3, -0.25) is 9.59 Å². The van der Waals surface area contributed by atoms with Crippen LogP contribution in [0.25, 0.3) is 0 Å². The van der Waals surface area contributed by atoms with Crippen LogP contribution in [0, 0.1) is 12.3 Å². The number of ether oxygens (including phenoxy) is 1. The molecule has 2 N–H and O–H groups in total. The summed E-state index contributed by atoms with van der Waals surface area (Å²) in [6.45, 7) is 7.60. The highest BCUT2D eigenvalue weighted by Crippen LogP contribution is 2.27. The van der Waals surface area contributed by atoms with Crippen molar-refractivity contribution >= 4 is 17.9 Å². The molecule has 0 aromatic heterocycles. The summed E-state index contributed by atoms with van der Waals surface area (Å²) in [6.07, 6.45) is 16.6. The van der Waals surface area contributed by atoms with Gasteiger partial charge in [0.25, 0.3) is 0 Å². The lowest BCUT2D eigenvalue weighted by Gasteiger charge is -2.34. The third-order valence-corrected chi connectivity index (χ3v) is 6.78. The van der Waals surface area contributed by atoms with Gasteiger partial charge in [-0.1, -0.05) is 82.4 Å². The van der Waals surface area contributed by atoms with E-state index in [9.17, 15) is 14.4 Å². The van der Waals surface area contributed by atoms with Crippen LogP contribution in [0.3, 0.4) is 0 Å². The Morgan fingerprint density at radius 2 is 1.71 bits per heavy atom. The second kappa shape index (κ2) is 16.1. The Balaban J connectivity index is 2.31. The highest BCUT2D eigenvalue weighted by atomic mass is 16.6. The fourth-order valence-corrected chi connectivity index (χ4v) is 4.87. The SMILES string of the molecule is C#Cc1ccccc1C(C(=O)NC1CCCCC1)N(CCCCCCCC)C(=O)CNC(=O)OC(C)(C)C. The molecule has 1 atom stereocenters. The number of hydrogen-bond acceptors (Lipinski definition) is 4. The molecule has 7 heteroatoms. The summed E-state index contributed by atoms with van der Waals surface area (Å²) in [5.41, 5.74) is 0.525. The molecule has 0 spiro atoms. The van der Waals surface area contributed by atoms with E-state index in [1.54, 1.807) is 31.7 Å². The van der Waals surface area contributed by atoms with Crippen molar-refractivity contribution in [3.8, 4) is 12.3 Å². The fraction of sp³-hybridized carbons (Fsp3) is 0.645. The van der Waals surface area contributed by atoms with Gasteiger partial charge in [0, 0.05) is 18.2 Å². The van der Waals surface area contributed by atoms with Gasteiger partial charge >= 0.3 is 6.09 Å². The number of rotatable bonds is 13. The van der Waals surface area contributed by atoms with Crippen molar-refractivity contribution < 1.29 is 19.1 Å². The van der Waals surface area contributed by atoms with Gasteiger partial charge in [0.2, 0.25) is 11.8 Å². The number of carbonyl (C=O) groups is 3. The van der Waals surface area contributed by atoms with Crippen molar-refractivity contribution in [1.82, 2.24) is 15.5 Å². The maximum atomic E-state index is 13.8. The first-order valence-corrected chi connectivity index (χ1v) is 14.3. The predicted octanol–water partition coefficient (Wildman–Crippen LogP) is 5.87. The normalized spacial score (nSPS) is 14.7. The van der Waals surface area contributed by atoms with Crippen LogP contribution in [0.2, 0.25) is 0 Å². The zero-order valence-corrected chi connectivity index (χ0v) is 23.8. The number of benzene rings is 1. The Bertz CT molecular complexity index is 941. The Morgan fingerprint density at radius 1 is 1.05 bits per heavy atom. The Morgan fingerprint density at radius 3 is 2.37 bits per heavy atom. The van der Waals surface area contributed by atoms with E-state index in [1.165, 1.54) is 12.8 Å². The van der Waals surface area contributed by atoms with Gasteiger partial charge in [-0.25, -0.2) is 4.79 Å². The van der Waals surface area contributed by atoms with Gasteiger partial charge in [0.1, 0.15) is 18.2 Å². The van der Waals surface area contributed by atoms with E-state index in [4.69, 9.17) is 11.2 Å². The Hall–Kier alpha value is -3.01. The average Bonchev–Trinajstić information content (AvgIpc) is 2.88. The molecule has 0 radical (unpaired) electrons. The Kier molecular flexibility index (Phi) is 13.2. The second-order valence-electron chi connectivity index (χ2n) is 11.2. The Labute approximate surface area is 229 Å². The lowest BCUT2D eigenvalue weighted by molar-refractivity contribution is -0.140. The van der Waals surface area contributed by atoms with Crippen LogP contribution in [0.4, 0.5) is 4.79 Å². The molecule has 0 bridgehead atoms. The molecule has 0 saturated heterocycles. The molecule has 1 aliphatic rings. The third kappa shape index (κ3) is 10.8. The highest BCUT2D eigenvalue weighted by Gasteiger charge is 2.34. The zero-order valence-electron chi connectivity index (χ0n) is 23.8. The molecule has 1 fully saturated rings. The number of amides is 3. The highest BCUT2D eigenvalue weighted by molar-refractivity contribution is 5.91. The first-order valence-electron chi connectivity index (χ1n) is 14.3. The molecule has 1 aliphatic carbocycles. The molecule has 38 heavy (non-hydrogen) atoms. The van der Waals surface area contributed by atoms with Gasteiger partial charge in [-0.2, -0.15) is 0 Å². The number of carbonyl (C=O) groups excluding carboxylic acids is 3. The summed E-state index contributed by atoms with van der Waals surface area (Å²) in [5.74, 6) is 2.11. The monoisotopic (exact) mass is 525 g/mol. The molecule has 1 unspecified atom stereocenters. The van der Waals surface area contributed by atoms with Crippen LogP contribution in [0.5, 0.6) is 0 Å². The minimum absolute atomic E-state index is 0.0858. The van der Waals surface area contributed by atoms with Gasteiger partial charge in [-0.05, 0) is 51.7 Å². The van der Waals surface area contributed by atoms with Crippen LogP contribution in [0.15, 0.2) is 24.3 Å². The molecular formula is C31H47N3O4. The number of alkyl carbamates (subject to hydrolysis) is 1. The number of hydrogen-bond donors (Lipinski definition) is 2. The number of terminal acetylenes is 1. The standard InChI is InChI=1S/C31H47N3O4/c1-6-8-9-10-11-17-22-34(27(35)23-32-30(37)38-31(3,4)5)28(26-21-16-15-18-24(26)7-2)29(36)33-25-19-13-12-14-20-25/h2,15-16,18,21,25,28H,6,8-14,17,19-20,22-23H2,1,3-5H3,(H,32,37)(H,33,36). The van der Waals surface area contributed by atoms with Crippen molar-refractivity contribution in [1.29, 1.82) is 0 Å². The first-order chi connectivity index (χ1) is 18.2. The number of nitrogens with zero attached hydrogens (tertiary/aromatic N) is 1. The van der Waals surface area contributed by atoms with Crippen molar-refractivity contribution in [2.75, 3.05) is 13.1 Å². The molecule has 210 valence electrons. The molecule has 0 heterocycles. The topological polar surface area (TPSA) is 87.7 Å². The van der Waals surface area contributed by atoms with E-state index in [0.717, 1.165) is 57.8 Å². The smallest absolute Gasteiger partial charge is 0.408 e. The lowest BCUT2D eigenvalue weighted by atomic mass is 9.93. The summed E-state index contributed by atoms with van der Waals surface area (Å²) >= 11 is 0. The minimum atomic E-state index is -0.882. The third-order valence-electron chi connectivity index (χ3n) is 6.78.